The molecule has 0 spiro atoms. The molecule has 34 heavy (non-hydrogen) atoms. The maximum absolute atomic E-state index is 13.4. The van der Waals surface area contributed by atoms with E-state index in [-0.39, 0.29) is 22.9 Å². The number of ether oxygens (including phenoxy) is 2. The summed E-state index contributed by atoms with van der Waals surface area (Å²) in [6.45, 7) is 1.53. The molecule has 2 aromatic carbocycles. The van der Waals surface area contributed by atoms with Crippen molar-refractivity contribution in [3.8, 4) is 11.5 Å². The number of amides is 1. The molecule has 0 aliphatic carbocycles. The predicted molar refractivity (Wildman–Crippen MR) is 127 cm³/mol. The number of carboxylic acid groups (broad SMARTS) is 1. The first-order chi connectivity index (χ1) is 16.4. The molecule has 0 unspecified atom stereocenters. The molecule has 1 amide bonds. The molecule has 8 nitrogen and oxygen atoms in total. The normalized spacial score (nSPS) is 13.4. The number of hydrogen-bond donors (Lipinski definition) is 1. The van der Waals surface area contributed by atoms with Crippen LogP contribution in [0.2, 0.25) is 0 Å². The van der Waals surface area contributed by atoms with E-state index in [0.29, 0.717) is 33.4 Å². The van der Waals surface area contributed by atoms with Crippen molar-refractivity contribution in [2.24, 2.45) is 0 Å². The minimum atomic E-state index is -1.17. The molecular formula is C26H24N2O6. The number of nitrogens with zero attached hydrogens (tertiary/aromatic N) is 2. The smallest absolute Gasteiger partial charge is 0.337 e. The molecule has 1 aromatic heterocycles. The lowest BCUT2D eigenvalue weighted by Crippen LogP contribution is -2.25. The fourth-order valence-corrected chi connectivity index (χ4v) is 4.05. The van der Waals surface area contributed by atoms with Gasteiger partial charge in [-0.2, -0.15) is 0 Å². The quantitative estimate of drug-likeness (QED) is 0.422. The maximum Gasteiger partial charge on any atom is 0.337 e. The molecule has 3 aromatic rings. The number of aromatic nitrogens is 1. The summed E-state index contributed by atoms with van der Waals surface area (Å²) in [5, 5.41) is 10.3. The summed E-state index contributed by atoms with van der Waals surface area (Å²) in [7, 11) is 2.91. The van der Waals surface area contributed by atoms with Crippen molar-refractivity contribution >= 4 is 34.5 Å². The fraction of sp³-hybridized carbons (Fsp3) is 0.231. The van der Waals surface area contributed by atoms with Gasteiger partial charge in [0, 0.05) is 41.7 Å². The second-order valence-electron chi connectivity index (χ2n) is 7.90. The van der Waals surface area contributed by atoms with E-state index < -0.39 is 5.97 Å². The number of aromatic carboxylic acids is 1. The van der Waals surface area contributed by atoms with Gasteiger partial charge in [-0.15, -0.1) is 0 Å². The third-order valence-corrected chi connectivity index (χ3v) is 5.82. The first kappa shape index (κ1) is 23.0. The molecule has 0 saturated carbocycles. The molecule has 1 N–H and O–H groups in total. The zero-order valence-electron chi connectivity index (χ0n) is 18.9. The van der Waals surface area contributed by atoms with Crippen LogP contribution in [-0.2, 0) is 4.79 Å². The Bertz CT molecular complexity index is 1310. The van der Waals surface area contributed by atoms with Crippen LogP contribution in [0.3, 0.4) is 0 Å². The Hall–Kier alpha value is -4.20. The highest BCUT2D eigenvalue weighted by Crippen LogP contribution is 2.35. The van der Waals surface area contributed by atoms with Gasteiger partial charge in [0.1, 0.15) is 5.69 Å². The second-order valence-corrected chi connectivity index (χ2v) is 7.90. The number of pyridine rings is 1. The van der Waals surface area contributed by atoms with Gasteiger partial charge in [-0.05, 0) is 42.7 Å². The van der Waals surface area contributed by atoms with Crippen molar-refractivity contribution in [2.45, 2.75) is 12.8 Å². The van der Waals surface area contributed by atoms with Gasteiger partial charge in [0.25, 0.3) is 0 Å². The van der Waals surface area contributed by atoms with Crippen LogP contribution in [0.15, 0.2) is 48.7 Å². The first-order valence-corrected chi connectivity index (χ1v) is 10.8. The van der Waals surface area contributed by atoms with Gasteiger partial charge in [0.2, 0.25) is 11.7 Å². The molecule has 4 rings (SSSR count). The highest BCUT2D eigenvalue weighted by atomic mass is 16.5. The Morgan fingerprint density at radius 2 is 1.68 bits per heavy atom. The standard InChI is InChI=1S/C26H24N2O6/c1-33-21-13-18-19(14-22(21)34-2)24(27-15-20(18)26(31)32)25(30)17-7-5-6-16(12-17)8-9-23(29)28-10-3-4-11-28/h5-9,12-15H,3-4,10-11H2,1-2H3,(H,31,32)/b9-8+. The van der Waals surface area contributed by atoms with E-state index in [1.807, 2.05) is 0 Å². The van der Waals surface area contributed by atoms with Crippen molar-refractivity contribution in [3.63, 3.8) is 0 Å². The first-order valence-electron chi connectivity index (χ1n) is 10.8. The van der Waals surface area contributed by atoms with E-state index in [1.54, 1.807) is 41.3 Å². The number of carboxylic acids is 1. The number of methoxy groups -OCH3 is 2. The summed E-state index contributed by atoms with van der Waals surface area (Å²) in [4.78, 5) is 43.4. The number of rotatable bonds is 7. The largest absolute Gasteiger partial charge is 0.493 e. The van der Waals surface area contributed by atoms with Crippen LogP contribution in [0.4, 0.5) is 0 Å². The van der Waals surface area contributed by atoms with Gasteiger partial charge in [-0.25, -0.2) is 4.79 Å². The molecule has 1 aliphatic rings. The van der Waals surface area contributed by atoms with E-state index in [2.05, 4.69) is 4.98 Å². The topological polar surface area (TPSA) is 106 Å². The van der Waals surface area contributed by atoms with Gasteiger partial charge in [0.05, 0.1) is 19.8 Å². The van der Waals surface area contributed by atoms with Crippen LogP contribution in [-0.4, -0.2) is 60.0 Å². The maximum atomic E-state index is 13.4. The molecule has 1 fully saturated rings. The third kappa shape index (κ3) is 4.47. The lowest BCUT2D eigenvalue weighted by atomic mass is 9.98. The number of ketones is 1. The number of carbonyl (C=O) groups is 3. The molecule has 0 atom stereocenters. The van der Waals surface area contributed by atoms with Crippen LogP contribution in [0.1, 0.15) is 44.8 Å². The monoisotopic (exact) mass is 460 g/mol. The van der Waals surface area contributed by atoms with Crippen molar-refractivity contribution in [1.82, 2.24) is 9.88 Å². The summed E-state index contributed by atoms with van der Waals surface area (Å²) in [5.74, 6) is -0.900. The Kier molecular flexibility index (Phi) is 6.58. The third-order valence-electron chi connectivity index (χ3n) is 5.82. The molecule has 0 radical (unpaired) electrons. The van der Waals surface area contributed by atoms with Crippen LogP contribution in [0.25, 0.3) is 16.8 Å². The van der Waals surface area contributed by atoms with Crippen LogP contribution >= 0.6 is 0 Å². The highest BCUT2D eigenvalue weighted by molar-refractivity contribution is 6.18. The van der Waals surface area contributed by atoms with Crippen LogP contribution < -0.4 is 9.47 Å². The number of benzene rings is 2. The number of likely N-dealkylation sites (tertiary alicyclic amines) is 1. The highest BCUT2D eigenvalue weighted by Gasteiger charge is 2.21. The number of fused-ring (bicyclic) bond motifs is 1. The number of carbonyl (C=O) groups excluding carboxylic acids is 2. The van der Waals surface area contributed by atoms with E-state index in [4.69, 9.17) is 9.47 Å². The summed E-state index contributed by atoms with van der Waals surface area (Å²) >= 11 is 0. The summed E-state index contributed by atoms with van der Waals surface area (Å²) in [6, 6.07) is 9.94. The van der Waals surface area contributed by atoms with Crippen LogP contribution in [0, 0.1) is 0 Å². The summed E-state index contributed by atoms with van der Waals surface area (Å²) < 4.78 is 10.6. The molecule has 0 bridgehead atoms. The van der Waals surface area contributed by atoms with Crippen molar-refractivity contribution in [2.75, 3.05) is 27.3 Å². The molecule has 174 valence electrons. The van der Waals surface area contributed by atoms with Crippen molar-refractivity contribution < 1.29 is 29.0 Å². The Labute approximate surface area is 196 Å². The second kappa shape index (κ2) is 9.74. The van der Waals surface area contributed by atoms with Crippen molar-refractivity contribution in [1.29, 1.82) is 0 Å². The molecular weight excluding hydrogens is 436 g/mol. The minimum absolute atomic E-state index is 0.0489. The predicted octanol–water partition coefficient (Wildman–Crippen LogP) is 3.82. The van der Waals surface area contributed by atoms with Gasteiger partial charge in [0.15, 0.2) is 11.5 Å². The minimum Gasteiger partial charge on any atom is -0.493 e. The lowest BCUT2D eigenvalue weighted by Gasteiger charge is -2.13. The van der Waals surface area contributed by atoms with E-state index in [1.165, 1.54) is 32.6 Å². The zero-order valence-corrected chi connectivity index (χ0v) is 18.9. The van der Waals surface area contributed by atoms with Gasteiger partial charge in [-0.3, -0.25) is 14.6 Å². The Morgan fingerprint density at radius 3 is 2.32 bits per heavy atom. The van der Waals surface area contributed by atoms with Gasteiger partial charge in [-0.1, -0.05) is 18.2 Å². The van der Waals surface area contributed by atoms with Crippen LogP contribution in [0.5, 0.6) is 11.5 Å². The average molecular weight is 460 g/mol. The molecule has 1 saturated heterocycles. The van der Waals surface area contributed by atoms with Gasteiger partial charge >= 0.3 is 5.97 Å². The molecule has 8 heteroatoms. The Balaban J connectivity index is 1.73. The van der Waals surface area contributed by atoms with E-state index >= 15 is 0 Å². The fourth-order valence-electron chi connectivity index (χ4n) is 4.05. The van der Waals surface area contributed by atoms with E-state index in [9.17, 15) is 19.5 Å². The Morgan fingerprint density at radius 1 is 1.00 bits per heavy atom. The summed E-state index contributed by atoms with van der Waals surface area (Å²) in [6.07, 6.45) is 6.40. The van der Waals surface area contributed by atoms with Gasteiger partial charge < -0.3 is 19.5 Å². The number of hydrogen-bond acceptors (Lipinski definition) is 6. The average Bonchev–Trinajstić information content (AvgIpc) is 3.40. The molecule has 2 heterocycles. The zero-order chi connectivity index (χ0) is 24.2. The van der Waals surface area contributed by atoms with Crippen molar-refractivity contribution in [3.05, 3.63) is 71.1 Å². The summed E-state index contributed by atoms with van der Waals surface area (Å²) in [5.41, 5.74) is 1.10. The SMILES string of the molecule is COc1cc2c(C(=O)O)cnc(C(=O)c3cccc(/C=C/C(=O)N4CCCC4)c3)c2cc1OC. The van der Waals surface area contributed by atoms with E-state index in [0.717, 1.165) is 25.9 Å². The lowest BCUT2D eigenvalue weighted by molar-refractivity contribution is -0.124. The molecule has 1 aliphatic heterocycles.